The Hall–Kier alpha value is -1.85. The van der Waals surface area contributed by atoms with E-state index in [4.69, 9.17) is 16.7 Å². The molecule has 5 nitrogen and oxygen atoms in total. The molecule has 0 amide bonds. The molecule has 1 aromatic heterocycles. The molecule has 0 atom stereocenters. The summed E-state index contributed by atoms with van der Waals surface area (Å²) in [5.74, 6) is 0. The first-order chi connectivity index (χ1) is 8.11. The number of halogens is 1. The number of rotatable bonds is 2. The van der Waals surface area contributed by atoms with Gasteiger partial charge in [-0.05, 0) is 17.7 Å². The van der Waals surface area contributed by atoms with Crippen molar-refractivity contribution in [2.24, 2.45) is 0 Å². The first kappa shape index (κ1) is 11.6. The van der Waals surface area contributed by atoms with Crippen LogP contribution in [0.25, 0.3) is 5.69 Å². The van der Waals surface area contributed by atoms with Gasteiger partial charge in [0.25, 0.3) is 5.56 Å². The Balaban J connectivity index is 2.67. The lowest BCUT2D eigenvalue weighted by molar-refractivity contribution is 0.282. The molecule has 2 N–H and O–H groups in total. The van der Waals surface area contributed by atoms with Gasteiger partial charge in [-0.1, -0.05) is 17.7 Å². The van der Waals surface area contributed by atoms with Crippen molar-refractivity contribution < 1.29 is 5.11 Å². The van der Waals surface area contributed by atoms with E-state index in [1.807, 2.05) is 0 Å². The van der Waals surface area contributed by atoms with Crippen LogP contribution in [-0.4, -0.2) is 14.7 Å². The predicted molar refractivity (Wildman–Crippen MR) is 63.6 cm³/mol. The van der Waals surface area contributed by atoms with Gasteiger partial charge in [-0.25, -0.2) is 4.79 Å². The molecule has 0 aliphatic rings. The normalized spacial score (nSPS) is 10.5. The standard InChI is InChI=1S/C11H9ClN2O3/c12-8-2-1-7(6-15)5-9(8)14-4-3-10(16)13-11(14)17/h1-5,15H,6H2,(H,13,16,17). The highest BCUT2D eigenvalue weighted by Crippen LogP contribution is 2.20. The monoisotopic (exact) mass is 252 g/mol. The molecule has 1 heterocycles. The van der Waals surface area contributed by atoms with Crippen LogP contribution in [0.4, 0.5) is 0 Å². The van der Waals surface area contributed by atoms with Crippen LogP contribution in [0.3, 0.4) is 0 Å². The number of hydrogen-bond acceptors (Lipinski definition) is 3. The molecule has 0 bridgehead atoms. The van der Waals surface area contributed by atoms with Gasteiger partial charge in [0.2, 0.25) is 0 Å². The number of aliphatic hydroxyl groups is 1. The summed E-state index contributed by atoms with van der Waals surface area (Å²) >= 11 is 5.97. The number of nitrogens with zero attached hydrogens (tertiary/aromatic N) is 1. The molecular formula is C11H9ClN2O3. The Kier molecular flexibility index (Phi) is 3.12. The summed E-state index contributed by atoms with van der Waals surface area (Å²) in [4.78, 5) is 24.7. The molecule has 6 heteroatoms. The van der Waals surface area contributed by atoms with Crippen LogP contribution in [0.1, 0.15) is 5.56 Å². The molecule has 88 valence electrons. The van der Waals surface area contributed by atoms with Gasteiger partial charge in [-0.3, -0.25) is 14.3 Å². The second-order valence-electron chi connectivity index (χ2n) is 3.42. The Morgan fingerprint density at radius 1 is 1.29 bits per heavy atom. The fourth-order valence-electron chi connectivity index (χ4n) is 1.45. The number of hydrogen-bond donors (Lipinski definition) is 2. The minimum Gasteiger partial charge on any atom is -0.392 e. The maximum absolute atomic E-state index is 11.6. The van der Waals surface area contributed by atoms with Crippen LogP contribution >= 0.6 is 11.6 Å². The first-order valence-electron chi connectivity index (χ1n) is 4.83. The van der Waals surface area contributed by atoms with Crippen LogP contribution < -0.4 is 11.2 Å². The average Bonchev–Trinajstić information content (AvgIpc) is 2.30. The zero-order valence-corrected chi connectivity index (χ0v) is 9.44. The number of aromatic amines is 1. The lowest BCUT2D eigenvalue weighted by Crippen LogP contribution is -2.27. The summed E-state index contributed by atoms with van der Waals surface area (Å²) in [5, 5.41) is 9.38. The summed E-state index contributed by atoms with van der Waals surface area (Å²) in [6, 6.07) is 6.05. The van der Waals surface area contributed by atoms with Crippen LogP contribution in [-0.2, 0) is 6.61 Å². The third-order valence-corrected chi connectivity index (χ3v) is 2.60. The molecule has 0 spiro atoms. The van der Waals surface area contributed by atoms with Gasteiger partial charge in [0.15, 0.2) is 0 Å². The third-order valence-electron chi connectivity index (χ3n) is 2.28. The summed E-state index contributed by atoms with van der Waals surface area (Å²) in [6.07, 6.45) is 1.34. The lowest BCUT2D eigenvalue weighted by Gasteiger charge is -2.08. The third kappa shape index (κ3) is 2.30. The van der Waals surface area contributed by atoms with E-state index >= 15 is 0 Å². The van der Waals surface area contributed by atoms with Crippen LogP contribution in [0, 0.1) is 0 Å². The Labute approximate surface area is 101 Å². The fourth-order valence-corrected chi connectivity index (χ4v) is 1.66. The second-order valence-corrected chi connectivity index (χ2v) is 3.83. The van der Waals surface area contributed by atoms with Gasteiger partial charge < -0.3 is 5.11 Å². The predicted octanol–water partition coefficient (Wildman–Crippen LogP) is 0.671. The number of nitrogens with one attached hydrogen (secondary N) is 1. The van der Waals surface area contributed by atoms with Crippen molar-refractivity contribution in [3.05, 3.63) is 61.9 Å². The molecule has 0 radical (unpaired) electrons. The maximum atomic E-state index is 11.6. The van der Waals surface area contributed by atoms with Gasteiger partial charge in [0.05, 0.1) is 17.3 Å². The lowest BCUT2D eigenvalue weighted by atomic mass is 10.2. The van der Waals surface area contributed by atoms with E-state index < -0.39 is 11.2 Å². The zero-order chi connectivity index (χ0) is 12.4. The van der Waals surface area contributed by atoms with Crippen LogP contribution in [0.15, 0.2) is 40.1 Å². The van der Waals surface area contributed by atoms with E-state index in [9.17, 15) is 9.59 Å². The summed E-state index contributed by atoms with van der Waals surface area (Å²) in [7, 11) is 0. The first-order valence-corrected chi connectivity index (χ1v) is 5.21. The fraction of sp³-hybridized carbons (Fsp3) is 0.0909. The Morgan fingerprint density at radius 3 is 2.71 bits per heavy atom. The molecule has 1 aromatic carbocycles. The maximum Gasteiger partial charge on any atom is 0.332 e. The van der Waals surface area contributed by atoms with E-state index in [1.54, 1.807) is 18.2 Å². The molecular weight excluding hydrogens is 244 g/mol. The molecule has 17 heavy (non-hydrogen) atoms. The van der Waals surface area contributed by atoms with E-state index in [2.05, 4.69) is 4.98 Å². The highest BCUT2D eigenvalue weighted by molar-refractivity contribution is 6.32. The van der Waals surface area contributed by atoms with Crippen molar-refractivity contribution in [2.45, 2.75) is 6.61 Å². The van der Waals surface area contributed by atoms with Crippen molar-refractivity contribution >= 4 is 11.6 Å². The van der Waals surface area contributed by atoms with Crippen molar-refractivity contribution in [2.75, 3.05) is 0 Å². The SMILES string of the molecule is O=c1ccn(-c2cc(CO)ccc2Cl)c(=O)[nH]1. The molecule has 0 fully saturated rings. The Bertz CT molecular complexity index is 660. The van der Waals surface area contributed by atoms with E-state index in [0.717, 1.165) is 0 Å². The van der Waals surface area contributed by atoms with Crippen molar-refractivity contribution in [3.8, 4) is 5.69 Å². The molecule has 0 saturated heterocycles. The summed E-state index contributed by atoms with van der Waals surface area (Å²) in [5.41, 5.74) is -0.00265. The quantitative estimate of drug-likeness (QED) is 0.825. The van der Waals surface area contributed by atoms with Crippen molar-refractivity contribution in [1.82, 2.24) is 9.55 Å². The van der Waals surface area contributed by atoms with Gasteiger partial charge in [0.1, 0.15) is 0 Å². The van der Waals surface area contributed by atoms with Crippen molar-refractivity contribution in [1.29, 1.82) is 0 Å². The topological polar surface area (TPSA) is 75.1 Å². The minimum atomic E-state index is -0.575. The summed E-state index contributed by atoms with van der Waals surface area (Å²) in [6.45, 7) is -0.151. The van der Waals surface area contributed by atoms with Gasteiger partial charge in [-0.2, -0.15) is 0 Å². The number of aliphatic hydroxyl groups excluding tert-OH is 1. The second kappa shape index (κ2) is 4.57. The molecule has 0 saturated carbocycles. The molecule has 0 aliphatic carbocycles. The van der Waals surface area contributed by atoms with Gasteiger partial charge in [-0.15, -0.1) is 0 Å². The van der Waals surface area contributed by atoms with Gasteiger partial charge >= 0.3 is 5.69 Å². The van der Waals surface area contributed by atoms with E-state index in [0.29, 0.717) is 16.3 Å². The highest BCUT2D eigenvalue weighted by Gasteiger charge is 2.06. The smallest absolute Gasteiger partial charge is 0.332 e. The van der Waals surface area contributed by atoms with E-state index in [1.165, 1.54) is 16.8 Å². The molecule has 2 aromatic rings. The minimum absolute atomic E-state index is 0.151. The van der Waals surface area contributed by atoms with Gasteiger partial charge in [0, 0.05) is 12.3 Å². The molecule has 0 unspecified atom stereocenters. The number of H-pyrrole nitrogens is 1. The van der Waals surface area contributed by atoms with E-state index in [-0.39, 0.29) is 6.61 Å². The number of aromatic nitrogens is 2. The van der Waals surface area contributed by atoms with Crippen LogP contribution in [0.5, 0.6) is 0 Å². The Morgan fingerprint density at radius 2 is 2.06 bits per heavy atom. The number of benzene rings is 1. The molecule has 0 aliphatic heterocycles. The van der Waals surface area contributed by atoms with Crippen LogP contribution in [0.2, 0.25) is 5.02 Å². The average molecular weight is 253 g/mol. The summed E-state index contributed by atoms with van der Waals surface area (Å²) < 4.78 is 1.21. The largest absolute Gasteiger partial charge is 0.392 e. The van der Waals surface area contributed by atoms with Crippen molar-refractivity contribution in [3.63, 3.8) is 0 Å². The zero-order valence-electron chi connectivity index (χ0n) is 8.68. The molecule has 2 rings (SSSR count). The highest BCUT2D eigenvalue weighted by atomic mass is 35.5.